The molecule has 4 nitrogen and oxygen atoms in total. The van der Waals surface area contributed by atoms with E-state index in [1.807, 2.05) is 5.32 Å². The lowest BCUT2D eigenvalue weighted by atomic mass is 10.2. The van der Waals surface area contributed by atoms with Crippen LogP contribution in [0.3, 0.4) is 0 Å². The summed E-state index contributed by atoms with van der Waals surface area (Å²) < 4.78 is 29.7. The number of ether oxygens (including phenoxy) is 1. The molecule has 0 spiro atoms. The zero-order valence-electron chi connectivity index (χ0n) is 8.97. The van der Waals surface area contributed by atoms with E-state index in [-0.39, 0.29) is 15.7 Å². The van der Waals surface area contributed by atoms with Gasteiger partial charge in [-0.3, -0.25) is 4.79 Å². The summed E-state index contributed by atoms with van der Waals surface area (Å²) in [6, 6.07) is 2.87. The minimum Gasteiger partial charge on any atom is -0.465 e. The van der Waals surface area contributed by atoms with Crippen molar-refractivity contribution in [3.63, 3.8) is 0 Å². The summed E-state index contributed by atoms with van der Waals surface area (Å²) in [7, 11) is 1.15. The summed E-state index contributed by atoms with van der Waals surface area (Å²) >= 11 is 6.22. The molecule has 18 heavy (non-hydrogen) atoms. The van der Waals surface area contributed by atoms with Crippen molar-refractivity contribution < 1.29 is 23.1 Å². The quantitative estimate of drug-likeness (QED) is 0.811. The topological polar surface area (TPSA) is 55.4 Å². The highest BCUT2D eigenvalue weighted by molar-refractivity contribution is 9.11. The number of rotatable bonds is 3. The highest BCUT2D eigenvalue weighted by atomic mass is 79.9. The fourth-order valence-electron chi connectivity index (χ4n) is 1.15. The lowest BCUT2D eigenvalue weighted by Crippen LogP contribution is -2.22. The summed E-state index contributed by atoms with van der Waals surface area (Å²) in [5.74, 6) is -2.25. The molecule has 1 aromatic rings. The lowest BCUT2D eigenvalue weighted by Gasteiger charge is -2.12. The molecule has 0 aliphatic heterocycles. The molecular weight excluding hydrogens is 380 g/mol. The summed E-state index contributed by atoms with van der Waals surface area (Å²) in [5, 5.41) is 1.96. The van der Waals surface area contributed by atoms with Crippen LogP contribution in [0, 0.1) is 0 Å². The van der Waals surface area contributed by atoms with E-state index in [2.05, 4.69) is 36.6 Å². The normalized spacial score (nSPS) is 10.3. The van der Waals surface area contributed by atoms with Gasteiger partial charge in [0.1, 0.15) is 0 Å². The molecule has 0 radical (unpaired) electrons. The Labute approximate surface area is 118 Å². The molecule has 8 heteroatoms. The predicted molar refractivity (Wildman–Crippen MR) is 67.8 cm³/mol. The van der Waals surface area contributed by atoms with E-state index in [0.717, 1.165) is 7.11 Å². The van der Waals surface area contributed by atoms with Crippen LogP contribution in [0.5, 0.6) is 0 Å². The van der Waals surface area contributed by atoms with Crippen LogP contribution in [0.4, 0.5) is 14.5 Å². The van der Waals surface area contributed by atoms with Gasteiger partial charge in [0.2, 0.25) is 0 Å². The lowest BCUT2D eigenvalue weighted by molar-refractivity contribution is -0.126. The maximum absolute atomic E-state index is 12.2. The van der Waals surface area contributed by atoms with Gasteiger partial charge in [0.05, 0.1) is 18.4 Å². The van der Waals surface area contributed by atoms with Crippen molar-refractivity contribution in [3.8, 4) is 0 Å². The summed E-state index contributed by atoms with van der Waals surface area (Å²) in [6.07, 6.45) is -3.17. The Balaban J connectivity index is 3.24. The van der Waals surface area contributed by atoms with Gasteiger partial charge < -0.3 is 10.1 Å². The first-order valence-electron chi connectivity index (χ1n) is 4.53. The van der Waals surface area contributed by atoms with Crippen molar-refractivity contribution in [1.82, 2.24) is 0 Å². The summed E-state index contributed by atoms with van der Waals surface area (Å²) in [6.45, 7) is 0. The fraction of sp³-hybridized carbons (Fsp3) is 0.200. The molecular formula is C10H7Br2F2NO3. The highest BCUT2D eigenvalue weighted by Gasteiger charge is 2.22. The number of esters is 1. The van der Waals surface area contributed by atoms with E-state index in [0.29, 0.717) is 4.47 Å². The second kappa shape index (κ2) is 6.24. The van der Waals surface area contributed by atoms with Crippen LogP contribution in [0.2, 0.25) is 0 Å². The zero-order valence-corrected chi connectivity index (χ0v) is 12.1. The smallest absolute Gasteiger partial charge is 0.340 e. The van der Waals surface area contributed by atoms with Crippen molar-refractivity contribution in [2.45, 2.75) is 6.43 Å². The highest BCUT2D eigenvalue weighted by Crippen LogP contribution is 2.31. The van der Waals surface area contributed by atoms with E-state index < -0.39 is 18.3 Å². The summed E-state index contributed by atoms with van der Waals surface area (Å²) in [4.78, 5) is 22.5. The number of hydrogen-bond acceptors (Lipinski definition) is 3. The minimum absolute atomic E-state index is 0.0345. The molecule has 0 bridgehead atoms. The van der Waals surface area contributed by atoms with Crippen LogP contribution in [0.15, 0.2) is 21.1 Å². The van der Waals surface area contributed by atoms with Gasteiger partial charge in [-0.2, -0.15) is 8.78 Å². The van der Waals surface area contributed by atoms with Crippen LogP contribution in [-0.2, 0) is 9.53 Å². The number of carbonyl (C=O) groups excluding carboxylic acids is 2. The number of nitrogens with one attached hydrogen (secondary N) is 1. The average molecular weight is 387 g/mol. The van der Waals surface area contributed by atoms with Gasteiger partial charge in [0, 0.05) is 8.95 Å². The number of carbonyl (C=O) groups is 2. The monoisotopic (exact) mass is 385 g/mol. The molecule has 1 rings (SSSR count). The van der Waals surface area contributed by atoms with E-state index in [9.17, 15) is 18.4 Å². The molecule has 0 saturated heterocycles. The number of halogens is 4. The van der Waals surface area contributed by atoms with Crippen LogP contribution >= 0.6 is 31.9 Å². The number of anilines is 1. The molecule has 1 amide bonds. The van der Waals surface area contributed by atoms with E-state index in [4.69, 9.17) is 0 Å². The fourth-order valence-corrected chi connectivity index (χ4v) is 2.47. The molecule has 1 aromatic carbocycles. The number of benzene rings is 1. The standard InChI is InChI=1S/C10H7Br2F2NO3/c1-18-10(17)5-2-4(11)3-6(12)7(5)15-9(16)8(13)14/h2-3,8H,1H3,(H,15,16). The first-order valence-corrected chi connectivity index (χ1v) is 6.11. The first-order chi connectivity index (χ1) is 8.36. The molecule has 0 saturated carbocycles. The van der Waals surface area contributed by atoms with Gasteiger partial charge in [-0.05, 0) is 28.1 Å². The number of amides is 1. The SMILES string of the molecule is COC(=O)c1cc(Br)cc(Br)c1NC(=O)C(F)F. The summed E-state index contributed by atoms with van der Waals surface area (Å²) in [5.41, 5.74) is -0.0944. The maximum atomic E-state index is 12.2. The van der Waals surface area contributed by atoms with Gasteiger partial charge in [-0.1, -0.05) is 15.9 Å². The Morgan fingerprint density at radius 2 is 1.94 bits per heavy atom. The molecule has 98 valence electrons. The van der Waals surface area contributed by atoms with Crippen molar-refractivity contribution in [3.05, 3.63) is 26.6 Å². The van der Waals surface area contributed by atoms with Crippen molar-refractivity contribution in [2.24, 2.45) is 0 Å². The average Bonchev–Trinajstić information content (AvgIpc) is 2.30. The zero-order chi connectivity index (χ0) is 13.9. The van der Waals surface area contributed by atoms with Crippen LogP contribution in [0.25, 0.3) is 0 Å². The van der Waals surface area contributed by atoms with Gasteiger partial charge in [0.25, 0.3) is 5.91 Å². The first kappa shape index (κ1) is 15.0. The van der Waals surface area contributed by atoms with Gasteiger partial charge in [0.15, 0.2) is 0 Å². The predicted octanol–water partition coefficient (Wildman–Crippen LogP) is 3.20. The largest absolute Gasteiger partial charge is 0.465 e. The van der Waals surface area contributed by atoms with E-state index in [1.165, 1.54) is 12.1 Å². The molecule has 0 unspecified atom stereocenters. The minimum atomic E-state index is -3.17. The van der Waals surface area contributed by atoms with E-state index in [1.54, 1.807) is 0 Å². The third kappa shape index (κ3) is 3.49. The van der Waals surface area contributed by atoms with E-state index >= 15 is 0 Å². The Bertz CT molecular complexity index is 494. The van der Waals surface area contributed by atoms with Crippen LogP contribution in [0.1, 0.15) is 10.4 Å². The Morgan fingerprint density at radius 1 is 1.33 bits per heavy atom. The third-order valence-electron chi connectivity index (χ3n) is 1.91. The van der Waals surface area contributed by atoms with Gasteiger partial charge in [-0.25, -0.2) is 4.79 Å². The second-order valence-corrected chi connectivity index (χ2v) is 4.86. The molecule has 0 heterocycles. The molecule has 0 aliphatic carbocycles. The van der Waals surface area contributed by atoms with Gasteiger partial charge in [-0.15, -0.1) is 0 Å². The van der Waals surface area contributed by atoms with Crippen molar-refractivity contribution in [1.29, 1.82) is 0 Å². The Morgan fingerprint density at radius 3 is 2.44 bits per heavy atom. The molecule has 0 fully saturated rings. The van der Waals surface area contributed by atoms with Crippen LogP contribution in [-0.4, -0.2) is 25.4 Å². The van der Waals surface area contributed by atoms with Crippen molar-refractivity contribution in [2.75, 3.05) is 12.4 Å². The second-order valence-electron chi connectivity index (χ2n) is 3.09. The number of methoxy groups -OCH3 is 1. The van der Waals surface area contributed by atoms with Crippen molar-refractivity contribution >= 4 is 49.4 Å². The molecule has 0 atom stereocenters. The molecule has 0 aliphatic rings. The maximum Gasteiger partial charge on any atom is 0.340 e. The van der Waals surface area contributed by atoms with Crippen LogP contribution < -0.4 is 5.32 Å². The number of hydrogen-bond donors (Lipinski definition) is 1. The third-order valence-corrected chi connectivity index (χ3v) is 2.99. The van der Waals surface area contributed by atoms with Gasteiger partial charge >= 0.3 is 12.4 Å². The Hall–Kier alpha value is -1.02. The molecule has 1 N–H and O–H groups in total. The molecule has 0 aromatic heterocycles. The number of alkyl halides is 2. The Kier molecular flexibility index (Phi) is 5.21.